The van der Waals surface area contributed by atoms with Crippen LogP contribution in [-0.2, 0) is 16.0 Å². The quantitative estimate of drug-likeness (QED) is 0.129. The molecule has 0 bridgehead atoms. The van der Waals surface area contributed by atoms with Gasteiger partial charge in [0.25, 0.3) is 5.91 Å². The zero-order valence-corrected chi connectivity index (χ0v) is 30.5. The molecule has 3 N–H and O–H groups in total. The van der Waals surface area contributed by atoms with E-state index in [-0.39, 0.29) is 31.4 Å². The number of benzene rings is 3. The van der Waals surface area contributed by atoms with E-state index in [1.54, 1.807) is 72.4 Å². The molecule has 4 aromatic rings. The van der Waals surface area contributed by atoms with Crippen LogP contribution in [0.1, 0.15) is 71.8 Å². The molecule has 2 amide bonds. The van der Waals surface area contributed by atoms with E-state index in [2.05, 4.69) is 25.9 Å². The summed E-state index contributed by atoms with van der Waals surface area (Å²) in [6.45, 7) is 13.5. The van der Waals surface area contributed by atoms with Crippen LogP contribution in [0.25, 0.3) is 0 Å². The molecule has 0 aliphatic heterocycles. The first-order chi connectivity index (χ1) is 23.9. The molecule has 0 fully saturated rings. The molecule has 1 heterocycles. The van der Waals surface area contributed by atoms with E-state index in [0.29, 0.717) is 22.9 Å². The molecular formula is C39H53N5O7. The molecule has 3 aromatic carbocycles. The van der Waals surface area contributed by atoms with Gasteiger partial charge in [-0.1, -0.05) is 51.6 Å². The number of ether oxygens (including phenoxy) is 5. The number of aromatic nitrogens is 2. The van der Waals surface area contributed by atoms with Crippen molar-refractivity contribution < 1.29 is 33.3 Å². The number of amides is 2. The molecular weight excluding hydrogens is 650 g/mol. The second-order valence-corrected chi connectivity index (χ2v) is 11.2. The number of nitrogens with one attached hydrogen (secondary N) is 3. The second kappa shape index (κ2) is 22.0. The molecule has 1 aromatic heterocycles. The predicted octanol–water partition coefficient (Wildman–Crippen LogP) is 9.53. The molecule has 51 heavy (non-hydrogen) atoms. The summed E-state index contributed by atoms with van der Waals surface area (Å²) in [5.41, 5.74) is 1.46. The lowest BCUT2D eigenvalue weighted by Crippen LogP contribution is -2.27. The summed E-state index contributed by atoms with van der Waals surface area (Å²) in [6, 6.07) is 21.3. The Balaban J connectivity index is 0.00000131. The number of methoxy groups -OCH3 is 3. The summed E-state index contributed by atoms with van der Waals surface area (Å²) in [6.07, 6.45) is 2.70. The lowest BCUT2D eigenvalue weighted by atomic mass is 10.2. The Kier molecular flexibility index (Phi) is 18.7. The van der Waals surface area contributed by atoms with Crippen molar-refractivity contribution in [2.24, 2.45) is 0 Å². The SMILES string of the molecule is C.C/C=C(\C)OC.CC.COc1ccc(CNC(=O)c2cnc(Nc3cccc(OC)c3)nc2Oc2cccc(NC(=O)OC(C)(C)C)c2)cc1. The van der Waals surface area contributed by atoms with E-state index in [1.165, 1.54) is 6.20 Å². The molecule has 12 nitrogen and oxygen atoms in total. The first kappa shape index (κ1) is 43.2. The highest BCUT2D eigenvalue weighted by Crippen LogP contribution is 2.28. The number of carbonyl (C=O) groups excluding carboxylic acids is 2. The van der Waals surface area contributed by atoms with Crippen molar-refractivity contribution in [1.82, 2.24) is 15.3 Å². The van der Waals surface area contributed by atoms with Gasteiger partial charge in [0.1, 0.15) is 28.4 Å². The van der Waals surface area contributed by atoms with Crippen molar-refractivity contribution in [3.8, 4) is 23.1 Å². The lowest BCUT2D eigenvalue weighted by molar-refractivity contribution is 0.0635. The van der Waals surface area contributed by atoms with E-state index in [0.717, 1.165) is 17.1 Å². The van der Waals surface area contributed by atoms with Gasteiger partial charge in [0.15, 0.2) is 0 Å². The van der Waals surface area contributed by atoms with Crippen LogP contribution < -0.4 is 30.2 Å². The van der Waals surface area contributed by atoms with Crippen LogP contribution in [0.5, 0.6) is 23.1 Å². The Labute approximate surface area is 302 Å². The van der Waals surface area contributed by atoms with Gasteiger partial charge in [-0.05, 0) is 76.6 Å². The Morgan fingerprint density at radius 3 is 2.02 bits per heavy atom. The van der Waals surface area contributed by atoms with Crippen LogP contribution in [0, 0.1) is 0 Å². The van der Waals surface area contributed by atoms with Gasteiger partial charge in [0.05, 0.1) is 27.1 Å². The summed E-state index contributed by atoms with van der Waals surface area (Å²) in [7, 11) is 4.83. The minimum atomic E-state index is -0.653. The van der Waals surface area contributed by atoms with Gasteiger partial charge in [-0.2, -0.15) is 4.98 Å². The van der Waals surface area contributed by atoms with Gasteiger partial charge < -0.3 is 34.3 Å². The van der Waals surface area contributed by atoms with Gasteiger partial charge in [0.2, 0.25) is 11.8 Å². The number of carbonyl (C=O) groups is 2. The topological polar surface area (TPSA) is 142 Å². The largest absolute Gasteiger partial charge is 0.502 e. The predicted molar refractivity (Wildman–Crippen MR) is 203 cm³/mol. The highest BCUT2D eigenvalue weighted by atomic mass is 16.6. The molecule has 0 aliphatic rings. The van der Waals surface area contributed by atoms with Gasteiger partial charge in [-0.15, -0.1) is 0 Å². The van der Waals surface area contributed by atoms with Crippen LogP contribution in [0.15, 0.2) is 90.8 Å². The van der Waals surface area contributed by atoms with E-state index < -0.39 is 17.6 Å². The van der Waals surface area contributed by atoms with Crippen molar-refractivity contribution in [2.75, 3.05) is 32.0 Å². The van der Waals surface area contributed by atoms with Crippen LogP contribution >= 0.6 is 0 Å². The first-order valence-corrected chi connectivity index (χ1v) is 16.1. The second-order valence-electron chi connectivity index (χ2n) is 11.2. The number of allylic oxidation sites excluding steroid dienone is 2. The van der Waals surface area contributed by atoms with Crippen molar-refractivity contribution in [2.45, 2.75) is 68.0 Å². The summed E-state index contributed by atoms with van der Waals surface area (Å²) in [5.74, 6) is 2.45. The number of hydrogen-bond acceptors (Lipinski definition) is 10. The van der Waals surface area contributed by atoms with Crippen molar-refractivity contribution in [3.63, 3.8) is 0 Å². The maximum Gasteiger partial charge on any atom is 0.412 e. The molecule has 0 unspecified atom stereocenters. The van der Waals surface area contributed by atoms with E-state index in [9.17, 15) is 9.59 Å². The molecule has 0 aliphatic carbocycles. The minimum Gasteiger partial charge on any atom is -0.502 e. The Morgan fingerprint density at radius 2 is 1.45 bits per heavy atom. The fraction of sp³-hybridized carbons (Fsp3) is 0.333. The van der Waals surface area contributed by atoms with E-state index in [1.807, 2.05) is 76.2 Å². The third-order valence-corrected chi connectivity index (χ3v) is 6.36. The fourth-order valence-corrected chi connectivity index (χ4v) is 3.80. The lowest BCUT2D eigenvalue weighted by Gasteiger charge is -2.19. The smallest absolute Gasteiger partial charge is 0.412 e. The molecule has 0 radical (unpaired) electrons. The molecule has 12 heteroatoms. The maximum absolute atomic E-state index is 13.2. The maximum atomic E-state index is 13.2. The zero-order chi connectivity index (χ0) is 37.1. The normalized spacial score (nSPS) is 10.4. The number of rotatable bonds is 11. The van der Waals surface area contributed by atoms with Gasteiger partial charge in [-0.3, -0.25) is 10.1 Å². The number of anilines is 3. The van der Waals surface area contributed by atoms with E-state index in [4.69, 9.17) is 23.7 Å². The Hall–Kier alpha value is -5.78. The van der Waals surface area contributed by atoms with E-state index >= 15 is 0 Å². The van der Waals surface area contributed by atoms with Gasteiger partial charge in [-0.25, -0.2) is 9.78 Å². The molecule has 276 valence electrons. The summed E-state index contributed by atoms with van der Waals surface area (Å²) >= 11 is 0. The van der Waals surface area contributed by atoms with Crippen LogP contribution in [0.2, 0.25) is 0 Å². The zero-order valence-electron chi connectivity index (χ0n) is 30.5. The molecule has 0 saturated heterocycles. The van der Waals surface area contributed by atoms with Crippen molar-refractivity contribution in [3.05, 3.63) is 102 Å². The third-order valence-electron chi connectivity index (χ3n) is 6.36. The van der Waals surface area contributed by atoms with Gasteiger partial charge >= 0.3 is 6.09 Å². The third kappa shape index (κ3) is 15.5. The van der Waals surface area contributed by atoms with Crippen LogP contribution in [-0.4, -0.2) is 48.9 Å². The monoisotopic (exact) mass is 703 g/mol. The highest BCUT2D eigenvalue weighted by molar-refractivity contribution is 5.96. The Morgan fingerprint density at radius 1 is 0.843 bits per heavy atom. The molecule has 0 atom stereocenters. The number of nitrogens with zero attached hydrogens (tertiary/aromatic N) is 2. The molecule has 0 spiro atoms. The first-order valence-electron chi connectivity index (χ1n) is 16.1. The van der Waals surface area contributed by atoms with Crippen LogP contribution in [0.4, 0.5) is 22.1 Å². The highest BCUT2D eigenvalue weighted by Gasteiger charge is 2.19. The summed E-state index contributed by atoms with van der Waals surface area (Å²) in [5, 5.41) is 8.65. The minimum absolute atomic E-state index is 0. The molecule has 0 saturated carbocycles. The molecule has 4 rings (SSSR count). The fourth-order valence-electron chi connectivity index (χ4n) is 3.80. The summed E-state index contributed by atoms with van der Waals surface area (Å²) in [4.78, 5) is 34.3. The average Bonchev–Trinajstić information content (AvgIpc) is 3.11. The van der Waals surface area contributed by atoms with Crippen LogP contribution in [0.3, 0.4) is 0 Å². The Bertz CT molecular complexity index is 1690. The standard InChI is InChI=1S/C31H33N5O6.C5H10O.C2H6.CH4/c1-31(2,3)42-30(38)35-22-9-7-11-25(17-22)41-28-26(27(37)32-18-20-12-14-23(39-4)15-13-20)19-33-29(36-28)34-21-8-6-10-24(16-21)40-5;1-4-5(2)6-3;1-2;/h6-17,19H,18H2,1-5H3,(H,32,37)(H,35,38)(H,33,34,36);4H,1-3H3;1-2H3;1H4/b;5-4+;;. The number of hydrogen-bond donors (Lipinski definition) is 3. The van der Waals surface area contributed by atoms with Crippen molar-refractivity contribution >= 4 is 29.3 Å². The average molecular weight is 704 g/mol. The van der Waals surface area contributed by atoms with Gasteiger partial charge in [0, 0.05) is 36.2 Å². The van der Waals surface area contributed by atoms with Crippen molar-refractivity contribution in [1.29, 1.82) is 0 Å². The summed E-state index contributed by atoms with van der Waals surface area (Å²) < 4.78 is 26.6.